The quantitative estimate of drug-likeness (QED) is 0.758. The van der Waals surface area contributed by atoms with Crippen molar-refractivity contribution in [3.8, 4) is 5.75 Å². The van der Waals surface area contributed by atoms with Crippen molar-refractivity contribution in [1.29, 1.82) is 0 Å². The minimum absolute atomic E-state index is 0.0253. The summed E-state index contributed by atoms with van der Waals surface area (Å²) < 4.78 is 5.47. The third kappa shape index (κ3) is 5.30. The SMILES string of the molecule is Cc1ccc(NC(=O)O[C@H](CCCO)c2ccc(O)cc2)cc1. The molecule has 0 fully saturated rings. The first-order valence-electron chi connectivity index (χ1n) is 7.52. The van der Waals surface area contributed by atoms with Crippen molar-refractivity contribution in [2.24, 2.45) is 0 Å². The average Bonchev–Trinajstić information content (AvgIpc) is 2.54. The molecule has 3 N–H and O–H groups in total. The second kappa shape index (κ2) is 8.19. The molecule has 0 bridgehead atoms. The Morgan fingerprint density at radius 2 is 1.78 bits per heavy atom. The van der Waals surface area contributed by atoms with Crippen LogP contribution in [0.15, 0.2) is 48.5 Å². The number of anilines is 1. The summed E-state index contributed by atoms with van der Waals surface area (Å²) in [4.78, 5) is 12.1. The molecular weight excluding hydrogens is 294 g/mol. The molecule has 1 amide bonds. The first kappa shape index (κ1) is 16.8. The zero-order valence-electron chi connectivity index (χ0n) is 13.0. The lowest BCUT2D eigenvalue weighted by Gasteiger charge is -2.18. The normalized spacial score (nSPS) is 11.7. The molecule has 0 unspecified atom stereocenters. The molecule has 0 aliphatic rings. The van der Waals surface area contributed by atoms with Gasteiger partial charge in [-0.25, -0.2) is 4.79 Å². The topological polar surface area (TPSA) is 78.8 Å². The van der Waals surface area contributed by atoms with Crippen LogP contribution in [0.4, 0.5) is 10.5 Å². The summed E-state index contributed by atoms with van der Waals surface area (Å²) in [5.74, 6) is 0.152. The molecule has 0 aliphatic heterocycles. The van der Waals surface area contributed by atoms with Crippen LogP contribution in [0, 0.1) is 6.92 Å². The second-order valence-corrected chi connectivity index (χ2v) is 5.34. The summed E-state index contributed by atoms with van der Waals surface area (Å²) in [6, 6.07) is 13.9. The number of phenols is 1. The van der Waals surface area contributed by atoms with Crippen molar-refractivity contribution in [3.05, 3.63) is 59.7 Å². The molecule has 2 aromatic rings. The van der Waals surface area contributed by atoms with Crippen molar-refractivity contribution < 1.29 is 19.7 Å². The Kier molecular flexibility index (Phi) is 6.00. The number of carbonyl (C=O) groups is 1. The van der Waals surface area contributed by atoms with Crippen LogP contribution in [0.3, 0.4) is 0 Å². The number of ether oxygens (including phenoxy) is 1. The summed E-state index contributed by atoms with van der Waals surface area (Å²) in [5, 5.41) is 21.0. The predicted molar refractivity (Wildman–Crippen MR) is 88.5 cm³/mol. The van der Waals surface area contributed by atoms with Gasteiger partial charge in [0, 0.05) is 12.3 Å². The molecule has 23 heavy (non-hydrogen) atoms. The Hall–Kier alpha value is -2.53. The van der Waals surface area contributed by atoms with Crippen LogP contribution in [0.1, 0.15) is 30.1 Å². The van der Waals surface area contributed by atoms with Crippen LogP contribution in [-0.2, 0) is 4.74 Å². The molecule has 2 aromatic carbocycles. The number of aryl methyl sites for hydroxylation is 1. The van der Waals surface area contributed by atoms with Crippen LogP contribution >= 0.6 is 0 Å². The summed E-state index contributed by atoms with van der Waals surface area (Å²) in [6.45, 7) is 2.00. The highest BCUT2D eigenvalue weighted by Gasteiger charge is 2.16. The summed E-state index contributed by atoms with van der Waals surface area (Å²) in [5.41, 5.74) is 2.54. The highest BCUT2D eigenvalue weighted by atomic mass is 16.6. The molecule has 2 rings (SSSR count). The Bertz CT molecular complexity index is 622. The van der Waals surface area contributed by atoms with Gasteiger partial charge in [0.15, 0.2) is 0 Å². The fourth-order valence-electron chi connectivity index (χ4n) is 2.17. The lowest BCUT2D eigenvalue weighted by Crippen LogP contribution is -2.18. The molecule has 0 radical (unpaired) electrons. The number of aliphatic hydroxyl groups excluding tert-OH is 1. The first-order valence-corrected chi connectivity index (χ1v) is 7.52. The van der Waals surface area contributed by atoms with Gasteiger partial charge in [-0.1, -0.05) is 29.8 Å². The van der Waals surface area contributed by atoms with E-state index in [1.54, 1.807) is 36.4 Å². The van der Waals surface area contributed by atoms with Crippen molar-refractivity contribution >= 4 is 11.8 Å². The molecule has 0 aromatic heterocycles. The number of phenolic OH excluding ortho intramolecular Hbond substituents is 1. The van der Waals surface area contributed by atoms with Crippen molar-refractivity contribution in [3.63, 3.8) is 0 Å². The Morgan fingerprint density at radius 3 is 2.39 bits per heavy atom. The maximum Gasteiger partial charge on any atom is 0.412 e. The zero-order chi connectivity index (χ0) is 16.7. The Morgan fingerprint density at radius 1 is 1.13 bits per heavy atom. The van der Waals surface area contributed by atoms with E-state index in [1.807, 2.05) is 19.1 Å². The van der Waals surface area contributed by atoms with Crippen LogP contribution in [0.5, 0.6) is 5.75 Å². The fraction of sp³-hybridized carbons (Fsp3) is 0.278. The van der Waals surface area contributed by atoms with E-state index >= 15 is 0 Å². The van der Waals surface area contributed by atoms with Gasteiger partial charge in [-0.3, -0.25) is 5.32 Å². The molecule has 0 spiro atoms. The number of amides is 1. The van der Waals surface area contributed by atoms with E-state index in [2.05, 4.69) is 5.32 Å². The van der Waals surface area contributed by atoms with E-state index in [9.17, 15) is 9.90 Å². The Balaban J connectivity index is 2.02. The molecule has 0 heterocycles. The maximum atomic E-state index is 12.1. The number of nitrogens with one attached hydrogen (secondary N) is 1. The lowest BCUT2D eigenvalue weighted by molar-refractivity contribution is 0.0995. The standard InChI is InChI=1S/C18H21NO4/c1-13-4-8-15(9-5-13)19-18(22)23-17(3-2-12-20)14-6-10-16(21)11-7-14/h4-11,17,20-21H,2-3,12H2,1H3,(H,19,22)/t17-/m1/s1. The van der Waals surface area contributed by atoms with Gasteiger partial charge in [-0.2, -0.15) is 0 Å². The van der Waals surface area contributed by atoms with E-state index in [0.29, 0.717) is 18.5 Å². The Labute approximate surface area is 135 Å². The van der Waals surface area contributed by atoms with Crippen LogP contribution in [0.25, 0.3) is 0 Å². The van der Waals surface area contributed by atoms with Gasteiger partial charge in [0.25, 0.3) is 0 Å². The van der Waals surface area contributed by atoms with Gasteiger partial charge < -0.3 is 14.9 Å². The van der Waals surface area contributed by atoms with Gasteiger partial charge >= 0.3 is 6.09 Å². The second-order valence-electron chi connectivity index (χ2n) is 5.34. The number of aliphatic hydroxyl groups is 1. The van der Waals surface area contributed by atoms with Crippen molar-refractivity contribution in [2.45, 2.75) is 25.9 Å². The van der Waals surface area contributed by atoms with E-state index in [0.717, 1.165) is 11.1 Å². The highest BCUT2D eigenvalue weighted by Crippen LogP contribution is 2.25. The van der Waals surface area contributed by atoms with Crippen LogP contribution < -0.4 is 5.32 Å². The lowest BCUT2D eigenvalue weighted by atomic mass is 10.0. The molecule has 0 aliphatic carbocycles. The number of hydrogen-bond acceptors (Lipinski definition) is 4. The molecule has 5 heteroatoms. The van der Waals surface area contributed by atoms with E-state index in [-0.39, 0.29) is 12.4 Å². The largest absolute Gasteiger partial charge is 0.508 e. The van der Waals surface area contributed by atoms with Gasteiger partial charge in [0.1, 0.15) is 11.9 Å². The van der Waals surface area contributed by atoms with E-state index < -0.39 is 12.2 Å². The summed E-state index contributed by atoms with van der Waals surface area (Å²) in [7, 11) is 0. The predicted octanol–water partition coefficient (Wildman–Crippen LogP) is 3.76. The molecule has 122 valence electrons. The fourth-order valence-corrected chi connectivity index (χ4v) is 2.17. The third-order valence-electron chi connectivity index (χ3n) is 3.44. The smallest absolute Gasteiger partial charge is 0.412 e. The van der Waals surface area contributed by atoms with Gasteiger partial charge in [0.05, 0.1) is 0 Å². The number of benzene rings is 2. The molecule has 1 atom stereocenters. The molecule has 0 saturated carbocycles. The number of hydrogen-bond donors (Lipinski definition) is 3. The first-order chi connectivity index (χ1) is 11.1. The minimum atomic E-state index is -0.551. The summed E-state index contributed by atoms with van der Waals surface area (Å²) in [6.07, 6.45) is -0.00978. The zero-order valence-corrected chi connectivity index (χ0v) is 13.0. The third-order valence-corrected chi connectivity index (χ3v) is 3.44. The van der Waals surface area contributed by atoms with Crippen LogP contribution in [-0.4, -0.2) is 22.9 Å². The number of carbonyl (C=O) groups excluding carboxylic acids is 1. The summed E-state index contributed by atoms with van der Waals surface area (Å²) >= 11 is 0. The maximum absolute atomic E-state index is 12.1. The number of aromatic hydroxyl groups is 1. The monoisotopic (exact) mass is 315 g/mol. The van der Waals surface area contributed by atoms with E-state index in [4.69, 9.17) is 9.84 Å². The van der Waals surface area contributed by atoms with Crippen LogP contribution in [0.2, 0.25) is 0 Å². The highest BCUT2D eigenvalue weighted by molar-refractivity contribution is 5.84. The minimum Gasteiger partial charge on any atom is -0.508 e. The molecule has 5 nitrogen and oxygen atoms in total. The van der Waals surface area contributed by atoms with Crippen molar-refractivity contribution in [2.75, 3.05) is 11.9 Å². The van der Waals surface area contributed by atoms with E-state index in [1.165, 1.54) is 0 Å². The molecular formula is C18H21NO4. The number of rotatable bonds is 6. The van der Waals surface area contributed by atoms with Gasteiger partial charge in [-0.05, 0) is 49.6 Å². The average molecular weight is 315 g/mol. The van der Waals surface area contributed by atoms with Gasteiger partial charge in [-0.15, -0.1) is 0 Å². The van der Waals surface area contributed by atoms with Gasteiger partial charge in [0.2, 0.25) is 0 Å². The van der Waals surface area contributed by atoms with Crippen molar-refractivity contribution in [1.82, 2.24) is 0 Å². The molecule has 0 saturated heterocycles.